The van der Waals surface area contributed by atoms with E-state index in [0.717, 1.165) is 24.1 Å². The number of amides is 1. The minimum Gasteiger partial charge on any atom is -0.361 e. The lowest BCUT2D eigenvalue weighted by atomic mass is 10.1. The smallest absolute Gasteiger partial charge is 0.304 e. The Morgan fingerprint density at radius 2 is 2.10 bits per heavy atom. The number of imidazole rings is 1. The summed E-state index contributed by atoms with van der Waals surface area (Å²) in [6, 6.07) is 3.35. The lowest BCUT2D eigenvalue weighted by Gasteiger charge is -2.26. The van der Waals surface area contributed by atoms with Crippen molar-refractivity contribution in [3.05, 3.63) is 42.4 Å². The Hall–Kier alpha value is -2.46. The molecule has 0 unspecified atom stereocenters. The first kappa shape index (κ1) is 19.8. The number of halogens is 1. The van der Waals surface area contributed by atoms with Gasteiger partial charge in [-0.15, -0.1) is 0 Å². The van der Waals surface area contributed by atoms with Crippen molar-refractivity contribution in [3.63, 3.8) is 0 Å². The maximum absolute atomic E-state index is 14.0. The van der Waals surface area contributed by atoms with Crippen LogP contribution in [0.3, 0.4) is 0 Å². The number of aromatic nitrogens is 2. The largest absolute Gasteiger partial charge is 0.361 e. The van der Waals surface area contributed by atoms with Crippen molar-refractivity contribution in [1.82, 2.24) is 18.4 Å². The Balaban J connectivity index is 1.63. The summed E-state index contributed by atoms with van der Waals surface area (Å²) in [4.78, 5) is 18.8. The number of fused-ring (bicyclic) bond motifs is 1. The zero-order valence-corrected chi connectivity index (χ0v) is 17.2. The second kappa shape index (κ2) is 7.10. The van der Waals surface area contributed by atoms with E-state index in [2.05, 4.69) is 16.3 Å². The van der Waals surface area contributed by atoms with Gasteiger partial charge >= 0.3 is 10.2 Å². The van der Waals surface area contributed by atoms with Crippen LogP contribution in [0.4, 0.5) is 10.1 Å². The molecule has 3 heterocycles. The van der Waals surface area contributed by atoms with Gasteiger partial charge < -0.3 is 4.90 Å². The van der Waals surface area contributed by atoms with E-state index in [-0.39, 0.29) is 24.3 Å². The van der Waals surface area contributed by atoms with E-state index in [1.165, 1.54) is 22.0 Å². The fourth-order valence-electron chi connectivity index (χ4n) is 3.72. The molecule has 0 spiro atoms. The van der Waals surface area contributed by atoms with Crippen LogP contribution >= 0.6 is 0 Å². The number of pyridine rings is 1. The molecule has 0 bridgehead atoms. The molecular formula is C19H24FN5O3S. The van der Waals surface area contributed by atoms with Crippen LogP contribution in [0, 0.1) is 0 Å². The summed E-state index contributed by atoms with van der Waals surface area (Å²) in [5, 5.41) is 0. The molecule has 1 N–H and O–H groups in total. The number of anilines is 1. The summed E-state index contributed by atoms with van der Waals surface area (Å²) in [7, 11) is -2.47. The zero-order valence-electron chi connectivity index (χ0n) is 16.4. The van der Waals surface area contributed by atoms with E-state index in [9.17, 15) is 17.6 Å². The molecule has 1 aliphatic carbocycles. The fraction of sp³-hybridized carbons (Fsp3) is 0.474. The van der Waals surface area contributed by atoms with Gasteiger partial charge in [-0.25, -0.2) is 14.1 Å². The first-order valence-electron chi connectivity index (χ1n) is 9.50. The number of alkyl halides is 1. The van der Waals surface area contributed by atoms with Crippen molar-refractivity contribution in [2.45, 2.75) is 44.4 Å². The molecular weight excluding hydrogens is 397 g/mol. The zero-order chi connectivity index (χ0) is 20.9. The Bertz CT molecular complexity index is 1080. The van der Waals surface area contributed by atoms with E-state index in [0.29, 0.717) is 12.1 Å². The predicted molar refractivity (Wildman–Crippen MR) is 108 cm³/mol. The van der Waals surface area contributed by atoms with Gasteiger partial charge in [0, 0.05) is 32.3 Å². The third-order valence-electron chi connectivity index (χ3n) is 5.54. The van der Waals surface area contributed by atoms with Gasteiger partial charge in [-0.05, 0) is 31.9 Å². The van der Waals surface area contributed by atoms with Crippen molar-refractivity contribution >= 4 is 27.5 Å². The Morgan fingerprint density at radius 1 is 1.38 bits per heavy atom. The minimum atomic E-state index is -3.92. The lowest BCUT2D eigenvalue weighted by molar-refractivity contribution is 0.0973. The maximum atomic E-state index is 14.0. The molecule has 2 atom stereocenters. The van der Waals surface area contributed by atoms with Crippen molar-refractivity contribution < 1.29 is 17.6 Å². The van der Waals surface area contributed by atoms with Crippen LogP contribution in [0.2, 0.25) is 0 Å². The molecule has 0 aromatic carbocycles. The van der Waals surface area contributed by atoms with Crippen LogP contribution in [0.1, 0.15) is 36.7 Å². The van der Waals surface area contributed by atoms with Gasteiger partial charge in [0.05, 0.1) is 17.9 Å². The highest BCUT2D eigenvalue weighted by molar-refractivity contribution is 7.87. The normalized spacial score (nSPS) is 22.4. The topological polar surface area (TPSA) is 87.0 Å². The van der Waals surface area contributed by atoms with Gasteiger partial charge in [0.15, 0.2) is 0 Å². The van der Waals surface area contributed by atoms with Crippen molar-refractivity contribution in [2.75, 3.05) is 18.5 Å². The Kier molecular flexibility index (Phi) is 4.86. The van der Waals surface area contributed by atoms with Crippen LogP contribution in [0.5, 0.6) is 0 Å². The van der Waals surface area contributed by atoms with Crippen LogP contribution in [0.25, 0.3) is 5.65 Å². The van der Waals surface area contributed by atoms with E-state index >= 15 is 0 Å². The summed E-state index contributed by atoms with van der Waals surface area (Å²) < 4.78 is 43.6. The summed E-state index contributed by atoms with van der Waals surface area (Å²) in [5.41, 5.74) is 2.17. The molecule has 1 aliphatic heterocycles. The van der Waals surface area contributed by atoms with Crippen molar-refractivity contribution in [2.24, 2.45) is 0 Å². The van der Waals surface area contributed by atoms with Crippen LogP contribution in [-0.2, 0) is 10.2 Å². The highest BCUT2D eigenvalue weighted by Crippen LogP contribution is 2.31. The molecule has 156 valence electrons. The van der Waals surface area contributed by atoms with Gasteiger partial charge in [-0.3, -0.25) is 9.20 Å². The number of nitrogens with zero attached hydrogens (tertiary/aromatic N) is 4. The van der Waals surface area contributed by atoms with E-state index in [1.807, 2.05) is 17.9 Å². The molecule has 4 rings (SSSR count). The summed E-state index contributed by atoms with van der Waals surface area (Å²) in [5.74, 6) is -0.761. The third-order valence-corrected chi connectivity index (χ3v) is 7.03. The average molecular weight is 421 g/mol. The Labute approximate surface area is 169 Å². The minimum absolute atomic E-state index is 0.0584. The SMILES string of the molecule is C=C(C)[C@H]1C[C@H](F)CN1c1ccc2ncc(C(=O)NS(=O)(=O)N(C)C3CC3)n2c1. The number of hydrogen-bond donors (Lipinski definition) is 1. The van der Waals surface area contributed by atoms with Crippen molar-refractivity contribution in [3.8, 4) is 0 Å². The fourth-order valence-corrected chi connectivity index (χ4v) is 4.81. The maximum Gasteiger partial charge on any atom is 0.304 e. The highest BCUT2D eigenvalue weighted by atomic mass is 32.2. The van der Waals surface area contributed by atoms with Crippen LogP contribution < -0.4 is 9.62 Å². The summed E-state index contributed by atoms with van der Waals surface area (Å²) >= 11 is 0. The standard InChI is InChI=1S/C19H24FN5O3S/c1-12(2)16-8-13(20)10-24(16)15-6-7-18-21-9-17(25(18)11-15)19(26)22-29(27,28)23(3)14-4-5-14/h6-7,9,11,13-14,16H,1,4-5,8,10H2,2-3H3,(H,22,26)/t13-,16+/m0/s1. The molecule has 10 heteroatoms. The number of nitrogens with one attached hydrogen (secondary N) is 1. The summed E-state index contributed by atoms with van der Waals surface area (Å²) in [6.07, 6.45) is 4.01. The van der Waals surface area contributed by atoms with Gasteiger partial charge in [-0.2, -0.15) is 12.7 Å². The molecule has 2 fully saturated rings. The van der Waals surface area contributed by atoms with E-state index in [4.69, 9.17) is 0 Å². The lowest BCUT2D eigenvalue weighted by Crippen LogP contribution is -2.42. The third kappa shape index (κ3) is 3.74. The average Bonchev–Trinajstić information content (AvgIpc) is 3.29. The molecule has 1 amide bonds. The highest BCUT2D eigenvalue weighted by Gasteiger charge is 2.36. The quantitative estimate of drug-likeness (QED) is 0.720. The number of carbonyl (C=O) groups excluding carboxylic acids is 1. The predicted octanol–water partition coefficient (Wildman–Crippen LogP) is 1.90. The summed E-state index contributed by atoms with van der Waals surface area (Å²) in [6.45, 7) is 6.06. The van der Waals surface area contributed by atoms with Gasteiger partial charge in [0.2, 0.25) is 0 Å². The second-order valence-corrected chi connectivity index (χ2v) is 9.52. The molecule has 2 aromatic heterocycles. The molecule has 2 aromatic rings. The van der Waals surface area contributed by atoms with E-state index in [1.54, 1.807) is 12.3 Å². The van der Waals surface area contributed by atoms with Crippen molar-refractivity contribution in [1.29, 1.82) is 0 Å². The van der Waals surface area contributed by atoms with Gasteiger partial charge in [-0.1, -0.05) is 12.2 Å². The monoisotopic (exact) mass is 421 g/mol. The Morgan fingerprint density at radius 3 is 2.76 bits per heavy atom. The molecule has 0 radical (unpaired) electrons. The first-order valence-corrected chi connectivity index (χ1v) is 10.9. The molecule has 1 saturated carbocycles. The molecule has 8 nitrogen and oxygen atoms in total. The van der Waals surface area contributed by atoms with E-state index < -0.39 is 22.3 Å². The molecule has 1 saturated heterocycles. The number of hydrogen-bond acceptors (Lipinski definition) is 5. The number of carbonyl (C=O) groups is 1. The van der Waals surface area contributed by atoms with Gasteiger partial charge in [0.1, 0.15) is 17.5 Å². The first-order chi connectivity index (χ1) is 13.7. The van der Waals surface area contributed by atoms with Gasteiger partial charge in [0.25, 0.3) is 5.91 Å². The number of rotatable bonds is 6. The van der Waals surface area contributed by atoms with Crippen LogP contribution in [-0.4, -0.2) is 59.9 Å². The molecule has 29 heavy (non-hydrogen) atoms. The molecule has 2 aliphatic rings. The van der Waals surface area contributed by atoms with Crippen LogP contribution in [0.15, 0.2) is 36.7 Å². The second-order valence-electron chi connectivity index (χ2n) is 7.79.